The van der Waals surface area contributed by atoms with Crippen LogP contribution in [0.2, 0.25) is 0 Å². The summed E-state index contributed by atoms with van der Waals surface area (Å²) in [7, 11) is 0. The lowest BCUT2D eigenvalue weighted by Crippen LogP contribution is -2.67. The van der Waals surface area contributed by atoms with E-state index in [4.69, 9.17) is 0 Å². The highest BCUT2D eigenvalue weighted by Crippen LogP contribution is 2.78. The van der Waals surface area contributed by atoms with Crippen molar-refractivity contribution in [3.8, 4) is 46.0 Å². The predicted molar refractivity (Wildman–Crippen MR) is 154 cm³/mol. The van der Waals surface area contributed by atoms with Gasteiger partial charge in [0.25, 0.3) is 0 Å². The van der Waals surface area contributed by atoms with Crippen LogP contribution in [0, 0.1) is 0 Å². The van der Waals surface area contributed by atoms with Gasteiger partial charge in [-0.05, 0) is 87.1 Å². The average molecular weight is 569 g/mol. The van der Waals surface area contributed by atoms with Crippen LogP contribution in [0.15, 0.2) is 72.8 Å². The van der Waals surface area contributed by atoms with E-state index in [0.717, 1.165) is 0 Å². The van der Waals surface area contributed by atoms with Gasteiger partial charge in [0.05, 0.1) is 0 Å². The molecule has 0 heterocycles. The van der Waals surface area contributed by atoms with Gasteiger partial charge in [0, 0.05) is 43.9 Å². The minimum absolute atomic E-state index is 0.137. The molecule has 0 aliphatic heterocycles. The van der Waals surface area contributed by atoms with Gasteiger partial charge < -0.3 is 40.9 Å². The van der Waals surface area contributed by atoms with Crippen molar-refractivity contribution < 1.29 is 40.9 Å². The van der Waals surface area contributed by atoms with E-state index in [9.17, 15) is 40.9 Å². The van der Waals surface area contributed by atoms with Crippen LogP contribution in [0.5, 0.6) is 46.0 Å². The molecule has 0 atom stereocenters. The topological polar surface area (TPSA) is 162 Å². The Labute approximate surface area is 242 Å². The number of phenols is 8. The Kier molecular flexibility index (Phi) is 5.24. The molecule has 0 saturated heterocycles. The molecule has 4 fully saturated rings. The quantitative estimate of drug-likeness (QED) is 0.154. The molecule has 4 aromatic rings. The van der Waals surface area contributed by atoms with Gasteiger partial charge in [-0.3, -0.25) is 0 Å². The molecule has 8 N–H and O–H groups in total. The first kappa shape index (κ1) is 26.2. The molecule has 8 heteroatoms. The lowest BCUT2D eigenvalue weighted by Gasteiger charge is -2.71. The minimum atomic E-state index is -1.04. The molecule has 8 nitrogen and oxygen atoms in total. The standard InChI is InChI=1S/C34H32O8/c35-19-5-1-6-20(36)27(19)31-13-32(28-21(37)7-2-8-22(28)38)16-33(14-31,29-23(39)9-3-10-24(29)40)18-34(15-31,17-32)30-25(41)11-4-12-26(30)42/h1-12,35-42H,13-18H2. The van der Waals surface area contributed by atoms with Crippen molar-refractivity contribution in [1.82, 2.24) is 0 Å². The molecular weight excluding hydrogens is 536 g/mol. The predicted octanol–water partition coefficient (Wildman–Crippen LogP) is 5.76. The van der Waals surface area contributed by atoms with Crippen molar-refractivity contribution in [2.24, 2.45) is 0 Å². The van der Waals surface area contributed by atoms with Crippen LogP contribution in [-0.2, 0) is 21.7 Å². The van der Waals surface area contributed by atoms with Crippen LogP contribution in [-0.4, -0.2) is 40.9 Å². The van der Waals surface area contributed by atoms with E-state index in [0.29, 0.717) is 38.5 Å². The normalized spacial score (nSPS) is 29.5. The SMILES string of the molecule is Oc1cccc(O)c1C12CC3(c4c(O)cccc4O)CC(c4c(O)cccc4O)(C1)CC(c1c(O)cccc1O)(C2)C3. The van der Waals surface area contributed by atoms with E-state index < -0.39 is 21.7 Å². The minimum Gasteiger partial charge on any atom is -0.508 e. The number of hydrogen-bond acceptors (Lipinski definition) is 8. The first-order valence-corrected chi connectivity index (χ1v) is 14.0. The molecule has 4 saturated carbocycles. The monoisotopic (exact) mass is 568 g/mol. The van der Waals surface area contributed by atoms with Crippen molar-refractivity contribution in [3.05, 3.63) is 95.1 Å². The third-order valence-electron chi connectivity index (χ3n) is 10.3. The van der Waals surface area contributed by atoms with Gasteiger partial charge in [0.2, 0.25) is 0 Å². The number of hydrogen-bond donors (Lipinski definition) is 8. The molecule has 0 aromatic heterocycles. The van der Waals surface area contributed by atoms with Crippen molar-refractivity contribution in [1.29, 1.82) is 0 Å². The zero-order chi connectivity index (χ0) is 29.7. The Bertz CT molecular complexity index is 1390. The van der Waals surface area contributed by atoms with Crippen molar-refractivity contribution in [2.45, 2.75) is 60.2 Å². The van der Waals surface area contributed by atoms with Gasteiger partial charge in [-0.15, -0.1) is 0 Å². The molecule has 8 rings (SSSR count). The summed E-state index contributed by atoms with van der Waals surface area (Å²) < 4.78 is 0. The lowest BCUT2D eigenvalue weighted by molar-refractivity contribution is -0.0738. The Balaban J connectivity index is 1.64. The van der Waals surface area contributed by atoms with E-state index in [2.05, 4.69) is 0 Å². The summed E-state index contributed by atoms with van der Waals surface area (Å²) >= 11 is 0. The maximum absolute atomic E-state index is 11.3. The molecule has 42 heavy (non-hydrogen) atoms. The second-order valence-electron chi connectivity index (χ2n) is 12.9. The van der Waals surface area contributed by atoms with E-state index >= 15 is 0 Å². The van der Waals surface area contributed by atoms with Gasteiger partial charge in [0.1, 0.15) is 46.0 Å². The molecular formula is C34H32O8. The fourth-order valence-corrected chi connectivity index (χ4v) is 9.98. The molecule has 0 unspecified atom stereocenters. The highest BCUT2D eigenvalue weighted by atomic mass is 16.3. The second-order valence-corrected chi connectivity index (χ2v) is 12.9. The molecule has 0 spiro atoms. The summed E-state index contributed by atoms with van der Waals surface area (Å²) in [5.74, 6) is -1.10. The summed E-state index contributed by atoms with van der Waals surface area (Å²) in [4.78, 5) is 0. The van der Waals surface area contributed by atoms with Crippen molar-refractivity contribution >= 4 is 0 Å². The third-order valence-corrected chi connectivity index (χ3v) is 10.3. The van der Waals surface area contributed by atoms with Crippen molar-refractivity contribution in [3.63, 3.8) is 0 Å². The van der Waals surface area contributed by atoms with Crippen LogP contribution in [0.3, 0.4) is 0 Å². The summed E-state index contributed by atoms with van der Waals surface area (Å²) in [6.07, 6.45) is 1.76. The van der Waals surface area contributed by atoms with Gasteiger partial charge in [-0.1, -0.05) is 24.3 Å². The van der Waals surface area contributed by atoms with E-state index in [-0.39, 0.29) is 68.2 Å². The number of rotatable bonds is 4. The summed E-state index contributed by atoms with van der Waals surface area (Å²) in [5.41, 5.74) is -3.04. The third kappa shape index (κ3) is 3.35. The van der Waals surface area contributed by atoms with Gasteiger partial charge in [-0.2, -0.15) is 0 Å². The van der Waals surface area contributed by atoms with Crippen LogP contribution >= 0.6 is 0 Å². The van der Waals surface area contributed by atoms with Crippen LogP contribution in [0.4, 0.5) is 0 Å². The first-order valence-electron chi connectivity index (χ1n) is 14.0. The van der Waals surface area contributed by atoms with Gasteiger partial charge >= 0.3 is 0 Å². The molecule has 4 aromatic carbocycles. The first-order chi connectivity index (χ1) is 19.9. The molecule has 4 aliphatic carbocycles. The average Bonchev–Trinajstić information content (AvgIpc) is 2.87. The highest BCUT2D eigenvalue weighted by Gasteiger charge is 2.72. The fraction of sp³-hybridized carbons (Fsp3) is 0.294. The Morgan fingerprint density at radius 3 is 0.571 bits per heavy atom. The van der Waals surface area contributed by atoms with Crippen LogP contribution in [0.1, 0.15) is 60.8 Å². The fourth-order valence-electron chi connectivity index (χ4n) is 9.98. The van der Waals surface area contributed by atoms with Crippen LogP contribution < -0.4 is 0 Å². The molecule has 4 aliphatic rings. The van der Waals surface area contributed by atoms with Crippen molar-refractivity contribution in [2.75, 3.05) is 0 Å². The Hall–Kier alpha value is -4.72. The Morgan fingerprint density at radius 1 is 0.286 bits per heavy atom. The highest BCUT2D eigenvalue weighted by molar-refractivity contribution is 5.63. The lowest BCUT2D eigenvalue weighted by atomic mass is 9.31. The van der Waals surface area contributed by atoms with E-state index in [1.807, 2.05) is 0 Å². The number of benzene rings is 4. The Morgan fingerprint density at radius 2 is 0.429 bits per heavy atom. The number of phenolic OH excluding ortho intramolecular Hbond substituents is 8. The number of aromatic hydroxyl groups is 8. The summed E-state index contributed by atoms with van der Waals surface area (Å²) in [6, 6.07) is 18.1. The summed E-state index contributed by atoms with van der Waals surface area (Å²) in [6.45, 7) is 0. The van der Waals surface area contributed by atoms with Gasteiger partial charge in [0.15, 0.2) is 0 Å². The molecule has 0 amide bonds. The molecule has 216 valence electrons. The maximum Gasteiger partial charge on any atom is 0.123 e. The summed E-state index contributed by atoms with van der Waals surface area (Å²) in [5, 5.41) is 90.3. The van der Waals surface area contributed by atoms with Gasteiger partial charge in [-0.25, -0.2) is 0 Å². The molecule has 0 radical (unpaired) electrons. The van der Waals surface area contributed by atoms with E-state index in [1.54, 1.807) is 0 Å². The second kappa shape index (κ2) is 8.41. The zero-order valence-electron chi connectivity index (χ0n) is 22.7. The molecule has 4 bridgehead atoms. The van der Waals surface area contributed by atoms with Crippen LogP contribution in [0.25, 0.3) is 0 Å². The smallest absolute Gasteiger partial charge is 0.123 e. The van der Waals surface area contributed by atoms with E-state index in [1.165, 1.54) is 72.8 Å². The largest absolute Gasteiger partial charge is 0.508 e. The zero-order valence-corrected chi connectivity index (χ0v) is 22.7. The maximum atomic E-state index is 11.3.